The smallest absolute Gasteiger partial charge is 0.270 e. The van der Waals surface area contributed by atoms with E-state index in [1.54, 1.807) is 25.3 Å². The third-order valence-electron chi connectivity index (χ3n) is 4.72. The lowest BCUT2D eigenvalue weighted by atomic mass is 10.1. The van der Waals surface area contributed by atoms with Crippen LogP contribution in [-0.4, -0.2) is 17.3 Å². The molecule has 0 unspecified atom stereocenters. The molecular formula is C24H16BrCl2NO3S2. The molecule has 1 saturated heterocycles. The van der Waals surface area contributed by atoms with Crippen LogP contribution >= 0.6 is 63.1 Å². The van der Waals surface area contributed by atoms with E-state index in [0.29, 0.717) is 35.2 Å². The van der Waals surface area contributed by atoms with Crippen molar-refractivity contribution in [2.45, 2.75) is 6.61 Å². The van der Waals surface area contributed by atoms with Crippen molar-refractivity contribution in [3.05, 3.63) is 91.2 Å². The highest BCUT2D eigenvalue weighted by Crippen LogP contribution is 2.40. The van der Waals surface area contributed by atoms with Crippen molar-refractivity contribution in [1.82, 2.24) is 0 Å². The van der Waals surface area contributed by atoms with Crippen molar-refractivity contribution in [1.29, 1.82) is 0 Å². The van der Waals surface area contributed by atoms with Crippen molar-refractivity contribution in [3.8, 4) is 11.5 Å². The lowest BCUT2D eigenvalue weighted by Crippen LogP contribution is -2.27. The van der Waals surface area contributed by atoms with Crippen molar-refractivity contribution in [2.75, 3.05) is 12.0 Å². The predicted octanol–water partition coefficient (Wildman–Crippen LogP) is 7.75. The van der Waals surface area contributed by atoms with Crippen molar-refractivity contribution in [2.24, 2.45) is 0 Å². The maximum absolute atomic E-state index is 13.0. The van der Waals surface area contributed by atoms with E-state index in [1.807, 2.05) is 48.5 Å². The number of nitrogens with zero attached hydrogens (tertiary/aromatic N) is 1. The van der Waals surface area contributed by atoms with Crippen LogP contribution in [0, 0.1) is 0 Å². The minimum absolute atomic E-state index is 0.161. The summed E-state index contributed by atoms with van der Waals surface area (Å²) in [5.74, 6) is 0.901. The molecule has 0 saturated carbocycles. The lowest BCUT2D eigenvalue weighted by molar-refractivity contribution is -0.113. The summed E-state index contributed by atoms with van der Waals surface area (Å²) >= 11 is 22.3. The van der Waals surface area contributed by atoms with Gasteiger partial charge in [0.1, 0.15) is 6.61 Å². The minimum Gasteiger partial charge on any atom is -0.493 e. The number of halogens is 3. The van der Waals surface area contributed by atoms with E-state index in [1.165, 1.54) is 16.7 Å². The first-order valence-corrected chi connectivity index (χ1v) is 12.4. The Bertz CT molecular complexity index is 1270. The molecule has 1 heterocycles. The summed E-state index contributed by atoms with van der Waals surface area (Å²) in [5.41, 5.74) is 2.38. The van der Waals surface area contributed by atoms with Crippen LogP contribution in [0.5, 0.6) is 11.5 Å². The molecule has 33 heavy (non-hydrogen) atoms. The molecule has 4 rings (SSSR count). The van der Waals surface area contributed by atoms with Crippen LogP contribution in [-0.2, 0) is 11.4 Å². The van der Waals surface area contributed by atoms with Crippen molar-refractivity contribution in [3.63, 3.8) is 0 Å². The zero-order valence-corrected chi connectivity index (χ0v) is 21.9. The number of benzene rings is 3. The maximum atomic E-state index is 13.0. The van der Waals surface area contributed by atoms with Crippen LogP contribution in [0.25, 0.3) is 6.08 Å². The van der Waals surface area contributed by atoms with Gasteiger partial charge in [-0.3, -0.25) is 9.69 Å². The highest BCUT2D eigenvalue weighted by molar-refractivity contribution is 9.10. The molecule has 3 aromatic carbocycles. The van der Waals surface area contributed by atoms with E-state index in [0.717, 1.165) is 16.8 Å². The number of thiocarbonyl (C=S) groups is 1. The third kappa shape index (κ3) is 5.39. The summed E-state index contributed by atoms with van der Waals surface area (Å²) in [6.07, 6.45) is 1.79. The van der Waals surface area contributed by atoms with E-state index >= 15 is 0 Å². The molecule has 1 amide bonds. The topological polar surface area (TPSA) is 38.8 Å². The Morgan fingerprint density at radius 2 is 1.85 bits per heavy atom. The van der Waals surface area contributed by atoms with Gasteiger partial charge in [-0.1, -0.05) is 71.4 Å². The molecule has 0 aliphatic carbocycles. The molecule has 3 aromatic rings. The number of amides is 1. The second-order valence-electron chi connectivity index (χ2n) is 6.92. The second kappa shape index (κ2) is 10.5. The van der Waals surface area contributed by atoms with Crippen molar-refractivity contribution >= 4 is 85.1 Å². The Hall–Kier alpha value is -2.03. The number of carbonyl (C=O) groups is 1. The zero-order valence-electron chi connectivity index (χ0n) is 17.2. The fourth-order valence-electron chi connectivity index (χ4n) is 3.17. The fourth-order valence-corrected chi connectivity index (χ4v) is 5.36. The van der Waals surface area contributed by atoms with Gasteiger partial charge in [0.2, 0.25) is 0 Å². The average molecular weight is 581 g/mol. The molecule has 1 aliphatic heterocycles. The summed E-state index contributed by atoms with van der Waals surface area (Å²) in [4.78, 5) is 15.1. The van der Waals surface area contributed by atoms with Crippen LogP contribution in [0.3, 0.4) is 0 Å². The Morgan fingerprint density at radius 3 is 2.55 bits per heavy atom. The number of carbonyl (C=O) groups excluding carboxylic acids is 1. The molecule has 0 radical (unpaired) electrons. The Morgan fingerprint density at radius 1 is 1.09 bits per heavy atom. The normalized spacial score (nSPS) is 14.8. The largest absolute Gasteiger partial charge is 0.493 e. The Balaban J connectivity index is 1.57. The molecule has 0 aromatic heterocycles. The van der Waals surface area contributed by atoms with Gasteiger partial charge in [-0.25, -0.2) is 0 Å². The third-order valence-corrected chi connectivity index (χ3v) is 7.36. The molecule has 168 valence electrons. The summed E-state index contributed by atoms with van der Waals surface area (Å²) in [5, 5.41) is 0.952. The predicted molar refractivity (Wildman–Crippen MR) is 144 cm³/mol. The number of rotatable bonds is 6. The van der Waals surface area contributed by atoms with E-state index < -0.39 is 0 Å². The minimum atomic E-state index is -0.161. The quantitative estimate of drug-likeness (QED) is 0.220. The van der Waals surface area contributed by atoms with E-state index in [-0.39, 0.29) is 12.5 Å². The summed E-state index contributed by atoms with van der Waals surface area (Å²) < 4.78 is 12.7. The molecular weight excluding hydrogens is 565 g/mol. The first-order valence-electron chi connectivity index (χ1n) is 9.64. The molecule has 0 N–H and O–H groups in total. The molecule has 0 spiro atoms. The fraction of sp³-hybridized carbons (Fsp3) is 0.0833. The van der Waals surface area contributed by atoms with Crippen LogP contribution in [0.15, 0.2) is 70.0 Å². The van der Waals surface area contributed by atoms with E-state index in [4.69, 9.17) is 44.9 Å². The molecule has 4 nitrogen and oxygen atoms in total. The standard InChI is InChI=1S/C24H16BrCl2NO3S2/c1-30-20-11-15(9-17(25)22(20)31-13-14-7-8-18(26)19(27)10-14)12-21-23(29)28(24(32)33-21)16-5-3-2-4-6-16/h2-12H,13H2,1H3/b21-12+. The maximum Gasteiger partial charge on any atom is 0.270 e. The van der Waals surface area contributed by atoms with Gasteiger partial charge in [0.15, 0.2) is 15.8 Å². The zero-order chi connectivity index (χ0) is 23.5. The summed E-state index contributed by atoms with van der Waals surface area (Å²) in [7, 11) is 1.56. The van der Waals surface area contributed by atoms with Crippen LogP contribution in [0.2, 0.25) is 10.0 Å². The monoisotopic (exact) mass is 579 g/mol. The number of hydrogen-bond donors (Lipinski definition) is 0. The van der Waals surface area contributed by atoms with Crippen LogP contribution in [0.1, 0.15) is 11.1 Å². The number of methoxy groups -OCH3 is 1. The van der Waals surface area contributed by atoms with Crippen molar-refractivity contribution < 1.29 is 14.3 Å². The lowest BCUT2D eigenvalue weighted by Gasteiger charge is -2.14. The van der Waals surface area contributed by atoms with Gasteiger partial charge in [-0.2, -0.15) is 0 Å². The van der Waals surface area contributed by atoms with Gasteiger partial charge in [0.05, 0.1) is 32.2 Å². The summed E-state index contributed by atoms with van der Waals surface area (Å²) in [6.45, 7) is 0.279. The number of hydrogen-bond acceptors (Lipinski definition) is 5. The van der Waals surface area contributed by atoms with Gasteiger partial charge in [-0.15, -0.1) is 0 Å². The van der Waals surface area contributed by atoms with Crippen LogP contribution < -0.4 is 14.4 Å². The second-order valence-corrected chi connectivity index (χ2v) is 10.3. The van der Waals surface area contributed by atoms with E-state index in [2.05, 4.69) is 15.9 Å². The number of thioether (sulfide) groups is 1. The number of para-hydroxylation sites is 1. The molecule has 1 aliphatic rings. The van der Waals surface area contributed by atoms with Gasteiger partial charge >= 0.3 is 0 Å². The number of ether oxygens (including phenoxy) is 2. The molecule has 9 heteroatoms. The SMILES string of the molecule is COc1cc(/C=C2/SC(=S)N(c3ccccc3)C2=O)cc(Br)c1OCc1ccc(Cl)c(Cl)c1. The molecule has 1 fully saturated rings. The van der Waals surface area contributed by atoms with Crippen LogP contribution in [0.4, 0.5) is 5.69 Å². The van der Waals surface area contributed by atoms with Gasteiger partial charge in [0.25, 0.3) is 5.91 Å². The first kappa shape index (κ1) is 24.1. The van der Waals surface area contributed by atoms with Gasteiger partial charge in [0, 0.05) is 0 Å². The van der Waals surface area contributed by atoms with Gasteiger partial charge in [-0.05, 0) is 69.5 Å². The highest BCUT2D eigenvalue weighted by Gasteiger charge is 2.33. The summed E-state index contributed by atoms with van der Waals surface area (Å²) in [6, 6.07) is 18.3. The number of anilines is 1. The molecule has 0 bridgehead atoms. The Labute approximate surface area is 219 Å². The van der Waals surface area contributed by atoms with Gasteiger partial charge < -0.3 is 9.47 Å². The van der Waals surface area contributed by atoms with E-state index in [9.17, 15) is 4.79 Å². The Kier molecular flexibility index (Phi) is 7.66. The first-order chi connectivity index (χ1) is 15.9. The molecule has 0 atom stereocenters. The highest BCUT2D eigenvalue weighted by atomic mass is 79.9. The average Bonchev–Trinajstić information content (AvgIpc) is 3.08.